The van der Waals surface area contributed by atoms with Crippen molar-refractivity contribution in [2.24, 2.45) is 0 Å². The molecule has 0 amide bonds. The molecule has 0 aromatic carbocycles. The third kappa shape index (κ3) is 2.44. The Balaban J connectivity index is 2.90. The summed E-state index contributed by atoms with van der Waals surface area (Å²) in [6.07, 6.45) is 1.34. The van der Waals surface area contributed by atoms with Crippen LogP contribution >= 0.6 is 15.9 Å². The van der Waals surface area contributed by atoms with Crippen molar-refractivity contribution in [3.05, 3.63) is 22.4 Å². The van der Waals surface area contributed by atoms with E-state index in [1.54, 1.807) is 6.07 Å². The van der Waals surface area contributed by atoms with E-state index >= 15 is 0 Å². The Morgan fingerprint density at radius 2 is 2.50 bits per heavy atom. The number of carbonyl (C=O) groups excluding carboxylic acids is 1. The number of pyridine rings is 1. The number of ether oxygens (including phenoxy) is 1. The topological polar surface area (TPSA) is 89.0 Å². The molecule has 0 radical (unpaired) electrons. The first-order valence-corrected chi connectivity index (χ1v) is 4.39. The monoisotopic (exact) mass is 255 g/mol. The number of nitrogen functional groups attached to an aromatic ring is 1. The molecule has 0 fully saturated rings. The van der Waals surface area contributed by atoms with Crippen LogP contribution in [0.3, 0.4) is 0 Å². The zero-order valence-electron chi connectivity index (χ0n) is 7.03. The number of hydrogen-bond donors (Lipinski definition) is 1. The average Bonchev–Trinajstić information content (AvgIpc) is 2.18. The molecule has 0 aliphatic heterocycles. The van der Waals surface area contributed by atoms with Gasteiger partial charge in [0.2, 0.25) is 0 Å². The number of anilines is 1. The highest BCUT2D eigenvalue weighted by Crippen LogP contribution is 2.16. The van der Waals surface area contributed by atoms with E-state index in [-0.39, 0.29) is 17.9 Å². The summed E-state index contributed by atoms with van der Waals surface area (Å²) >= 11 is 3.09. The summed E-state index contributed by atoms with van der Waals surface area (Å²) in [6, 6.07) is 3.13. The average molecular weight is 256 g/mol. The van der Waals surface area contributed by atoms with Gasteiger partial charge in [-0.1, -0.05) is 0 Å². The van der Waals surface area contributed by atoms with Crippen LogP contribution in [0.5, 0.6) is 0 Å². The fraction of sp³-hybridized carbons (Fsp3) is 0.125. The summed E-state index contributed by atoms with van der Waals surface area (Å²) in [6.45, 7) is -0.293. The highest BCUT2D eigenvalue weighted by Gasteiger charge is 2.11. The van der Waals surface area contributed by atoms with Gasteiger partial charge in [0.1, 0.15) is 10.7 Å². The van der Waals surface area contributed by atoms with Gasteiger partial charge in [0, 0.05) is 0 Å². The lowest BCUT2D eigenvalue weighted by Gasteiger charge is -2.03. The van der Waals surface area contributed by atoms with Crippen LogP contribution < -0.4 is 5.73 Å². The first kappa shape index (κ1) is 10.5. The van der Waals surface area contributed by atoms with Crippen LogP contribution in [-0.2, 0) is 4.74 Å². The van der Waals surface area contributed by atoms with E-state index in [0.29, 0.717) is 4.60 Å². The van der Waals surface area contributed by atoms with Crippen molar-refractivity contribution in [1.29, 1.82) is 5.26 Å². The number of halogens is 1. The zero-order chi connectivity index (χ0) is 10.6. The predicted molar refractivity (Wildman–Crippen MR) is 52.2 cm³/mol. The minimum absolute atomic E-state index is 0.196. The molecule has 2 N–H and O–H groups in total. The van der Waals surface area contributed by atoms with Gasteiger partial charge in [0.05, 0.1) is 17.4 Å². The Labute approximate surface area is 88.6 Å². The number of carbonyl (C=O) groups is 1. The van der Waals surface area contributed by atoms with Gasteiger partial charge in [-0.2, -0.15) is 5.26 Å². The van der Waals surface area contributed by atoms with Crippen molar-refractivity contribution in [3.63, 3.8) is 0 Å². The van der Waals surface area contributed by atoms with Gasteiger partial charge < -0.3 is 10.5 Å². The van der Waals surface area contributed by atoms with Gasteiger partial charge in [0.25, 0.3) is 0 Å². The number of aromatic nitrogens is 1. The normalized spacial score (nSPS) is 9.14. The fourth-order valence-electron chi connectivity index (χ4n) is 0.793. The Hall–Kier alpha value is -1.61. The van der Waals surface area contributed by atoms with Crippen molar-refractivity contribution in [3.8, 4) is 6.07 Å². The second-order valence-corrected chi connectivity index (χ2v) is 3.14. The van der Waals surface area contributed by atoms with Crippen LogP contribution in [-0.4, -0.2) is 17.6 Å². The lowest BCUT2D eigenvalue weighted by Crippen LogP contribution is -2.08. The van der Waals surface area contributed by atoms with E-state index in [9.17, 15) is 4.79 Å². The van der Waals surface area contributed by atoms with E-state index < -0.39 is 5.97 Å². The Bertz CT molecular complexity index is 400. The number of esters is 1. The summed E-state index contributed by atoms with van der Waals surface area (Å²) in [5.41, 5.74) is 5.91. The maximum atomic E-state index is 11.3. The van der Waals surface area contributed by atoms with Crippen molar-refractivity contribution < 1.29 is 9.53 Å². The molecule has 0 saturated heterocycles. The van der Waals surface area contributed by atoms with E-state index in [2.05, 4.69) is 25.7 Å². The van der Waals surface area contributed by atoms with Gasteiger partial charge in [-0.3, -0.25) is 0 Å². The highest BCUT2D eigenvalue weighted by atomic mass is 79.9. The van der Waals surface area contributed by atoms with Gasteiger partial charge in [-0.25, -0.2) is 9.78 Å². The quantitative estimate of drug-likeness (QED) is 0.632. The van der Waals surface area contributed by atoms with Crippen LogP contribution in [0.15, 0.2) is 16.9 Å². The summed E-state index contributed by atoms with van der Waals surface area (Å²) in [5, 5.41) is 8.21. The highest BCUT2D eigenvalue weighted by molar-refractivity contribution is 9.10. The van der Waals surface area contributed by atoms with Crippen LogP contribution in [0, 0.1) is 11.3 Å². The molecule has 1 heterocycles. The molecule has 0 unspecified atom stereocenters. The first-order chi connectivity index (χ1) is 6.65. The molecule has 0 spiro atoms. The molecule has 5 nitrogen and oxygen atoms in total. The largest absolute Gasteiger partial charge is 0.447 e. The lowest BCUT2D eigenvalue weighted by molar-refractivity contribution is 0.0556. The molecule has 1 rings (SSSR count). The molecule has 0 aliphatic rings. The van der Waals surface area contributed by atoms with Crippen LogP contribution in [0.1, 0.15) is 10.4 Å². The molecule has 0 saturated carbocycles. The fourth-order valence-corrected chi connectivity index (χ4v) is 1.12. The smallest absolute Gasteiger partial charge is 0.341 e. The molecule has 1 aromatic heterocycles. The predicted octanol–water partition coefficient (Wildman–Crippen LogP) is 1.11. The van der Waals surface area contributed by atoms with Crippen molar-refractivity contribution in [2.45, 2.75) is 0 Å². The third-order valence-electron chi connectivity index (χ3n) is 1.39. The van der Waals surface area contributed by atoms with Gasteiger partial charge in [-0.05, 0) is 22.0 Å². The first-order valence-electron chi connectivity index (χ1n) is 3.60. The Kier molecular flexibility index (Phi) is 3.42. The number of hydrogen-bond acceptors (Lipinski definition) is 5. The minimum atomic E-state index is -0.632. The molecule has 72 valence electrons. The molecule has 0 atom stereocenters. The third-order valence-corrected chi connectivity index (χ3v) is 1.82. The van der Waals surface area contributed by atoms with Crippen molar-refractivity contribution >= 4 is 27.6 Å². The Morgan fingerprint density at radius 3 is 3.14 bits per heavy atom. The van der Waals surface area contributed by atoms with Gasteiger partial charge in [-0.15, -0.1) is 0 Å². The SMILES string of the molecule is N#CCOC(=O)c1cc(Br)ncc1N. The zero-order valence-corrected chi connectivity index (χ0v) is 8.61. The number of nitrogens with zero attached hydrogens (tertiary/aromatic N) is 2. The van der Waals surface area contributed by atoms with E-state index in [4.69, 9.17) is 11.0 Å². The summed E-state index contributed by atoms with van der Waals surface area (Å²) in [4.78, 5) is 15.1. The van der Waals surface area contributed by atoms with Gasteiger partial charge in [0.15, 0.2) is 6.61 Å². The molecule has 14 heavy (non-hydrogen) atoms. The summed E-state index contributed by atoms with van der Waals surface area (Å²) in [5.74, 6) is -0.632. The van der Waals surface area contributed by atoms with E-state index in [1.807, 2.05) is 0 Å². The molecular weight excluding hydrogens is 250 g/mol. The maximum absolute atomic E-state index is 11.3. The lowest BCUT2D eigenvalue weighted by atomic mass is 10.2. The van der Waals surface area contributed by atoms with E-state index in [1.165, 1.54) is 12.3 Å². The van der Waals surface area contributed by atoms with Crippen molar-refractivity contribution in [2.75, 3.05) is 12.3 Å². The standard InChI is InChI=1S/C8H6BrN3O2/c9-7-3-5(6(11)4-12-7)8(13)14-2-1-10/h3-4H,2,11H2. The molecule has 6 heteroatoms. The second kappa shape index (κ2) is 4.58. The summed E-state index contributed by atoms with van der Waals surface area (Å²) < 4.78 is 5.07. The number of rotatable bonds is 2. The maximum Gasteiger partial charge on any atom is 0.341 e. The minimum Gasteiger partial charge on any atom is -0.447 e. The van der Waals surface area contributed by atoms with Crippen LogP contribution in [0.2, 0.25) is 0 Å². The number of nitriles is 1. The van der Waals surface area contributed by atoms with Crippen LogP contribution in [0.4, 0.5) is 5.69 Å². The molecule has 0 aliphatic carbocycles. The number of nitrogens with two attached hydrogens (primary N) is 1. The summed E-state index contributed by atoms with van der Waals surface area (Å²) in [7, 11) is 0. The molecule has 1 aromatic rings. The van der Waals surface area contributed by atoms with Crippen molar-refractivity contribution in [1.82, 2.24) is 4.98 Å². The van der Waals surface area contributed by atoms with Gasteiger partial charge >= 0.3 is 5.97 Å². The van der Waals surface area contributed by atoms with E-state index in [0.717, 1.165) is 0 Å². The second-order valence-electron chi connectivity index (χ2n) is 2.33. The Morgan fingerprint density at radius 1 is 1.79 bits per heavy atom. The molecule has 0 bridgehead atoms. The van der Waals surface area contributed by atoms with Crippen LogP contribution in [0.25, 0.3) is 0 Å². The molecular formula is C8H6BrN3O2.